The molecule has 20 heavy (non-hydrogen) atoms. The maximum absolute atomic E-state index is 2.28. The van der Waals surface area contributed by atoms with E-state index >= 15 is 0 Å². The van der Waals surface area contributed by atoms with Crippen molar-refractivity contribution >= 4 is 11.6 Å². The van der Waals surface area contributed by atoms with Crippen molar-refractivity contribution < 1.29 is 0 Å². The van der Waals surface area contributed by atoms with Crippen LogP contribution in [0.1, 0.15) is 22.7 Å². The van der Waals surface area contributed by atoms with Crippen molar-refractivity contribution in [2.75, 3.05) is 0 Å². The van der Waals surface area contributed by atoms with Gasteiger partial charge in [-0.1, -0.05) is 66.7 Å². The molecule has 1 atom stereocenters. The molecule has 0 radical (unpaired) electrons. The maximum Gasteiger partial charge on any atom is 0.0773 e. The molecule has 0 aliphatic carbocycles. The van der Waals surface area contributed by atoms with Gasteiger partial charge in [-0.05, 0) is 28.3 Å². The molecule has 2 heterocycles. The molecule has 96 valence electrons. The largest absolute Gasteiger partial charge is 0.343 e. The van der Waals surface area contributed by atoms with Gasteiger partial charge >= 0.3 is 0 Å². The first-order valence-corrected chi connectivity index (χ1v) is 6.92. The molecule has 0 saturated heterocycles. The lowest BCUT2D eigenvalue weighted by Crippen LogP contribution is -2.22. The topological polar surface area (TPSA) is 3.24 Å². The summed E-state index contributed by atoms with van der Waals surface area (Å²) in [5.41, 5.74) is 5.20. The van der Waals surface area contributed by atoms with Crippen molar-refractivity contribution in [1.82, 2.24) is 4.90 Å². The van der Waals surface area contributed by atoms with E-state index in [2.05, 4.69) is 90.1 Å². The molecule has 0 fully saturated rings. The normalized spacial score (nSPS) is 19.3. The number of nitrogens with zero attached hydrogens (tertiary/aromatic N) is 1. The van der Waals surface area contributed by atoms with Gasteiger partial charge in [0.2, 0.25) is 0 Å². The Balaban J connectivity index is 1.74. The number of hydrogen-bond donors (Lipinski definition) is 0. The Morgan fingerprint density at radius 1 is 0.800 bits per heavy atom. The zero-order chi connectivity index (χ0) is 13.4. The number of rotatable bonds is 1. The smallest absolute Gasteiger partial charge is 0.0773 e. The SMILES string of the molecule is C1=CC2c3ccccc3C=CN2C=C1c1ccccc1. The van der Waals surface area contributed by atoms with Gasteiger partial charge in [-0.15, -0.1) is 0 Å². The lowest BCUT2D eigenvalue weighted by atomic mass is 9.92. The van der Waals surface area contributed by atoms with Crippen molar-refractivity contribution in [3.8, 4) is 0 Å². The highest BCUT2D eigenvalue weighted by atomic mass is 15.1. The van der Waals surface area contributed by atoms with Crippen molar-refractivity contribution in [1.29, 1.82) is 0 Å². The summed E-state index contributed by atoms with van der Waals surface area (Å²) in [6, 6.07) is 19.4. The van der Waals surface area contributed by atoms with E-state index in [1.54, 1.807) is 0 Å². The lowest BCUT2D eigenvalue weighted by molar-refractivity contribution is 0.432. The van der Waals surface area contributed by atoms with Gasteiger partial charge in [0.15, 0.2) is 0 Å². The third-order valence-electron chi connectivity index (χ3n) is 3.92. The monoisotopic (exact) mass is 257 g/mol. The van der Waals surface area contributed by atoms with Crippen LogP contribution in [0.3, 0.4) is 0 Å². The fourth-order valence-electron chi connectivity index (χ4n) is 2.88. The van der Waals surface area contributed by atoms with Crippen molar-refractivity contribution in [2.45, 2.75) is 6.04 Å². The molecule has 2 aromatic carbocycles. The molecular formula is C19H15N. The summed E-state index contributed by atoms with van der Waals surface area (Å²) >= 11 is 0. The highest BCUT2D eigenvalue weighted by molar-refractivity contribution is 5.76. The molecule has 0 amide bonds. The van der Waals surface area contributed by atoms with E-state index in [-0.39, 0.29) is 0 Å². The predicted molar refractivity (Wildman–Crippen MR) is 83.6 cm³/mol. The Morgan fingerprint density at radius 3 is 2.50 bits per heavy atom. The van der Waals surface area contributed by atoms with Gasteiger partial charge in [0.05, 0.1) is 6.04 Å². The van der Waals surface area contributed by atoms with Gasteiger partial charge in [-0.2, -0.15) is 0 Å². The second-order valence-corrected chi connectivity index (χ2v) is 5.15. The minimum absolute atomic E-state index is 0.323. The number of fused-ring (bicyclic) bond motifs is 3. The zero-order valence-electron chi connectivity index (χ0n) is 11.1. The van der Waals surface area contributed by atoms with Crippen LogP contribution in [0.15, 0.2) is 79.1 Å². The van der Waals surface area contributed by atoms with Crippen LogP contribution >= 0.6 is 0 Å². The second kappa shape index (κ2) is 4.53. The van der Waals surface area contributed by atoms with Gasteiger partial charge in [0.1, 0.15) is 0 Å². The molecule has 2 aliphatic rings. The van der Waals surface area contributed by atoms with E-state index in [0.717, 1.165) is 0 Å². The minimum Gasteiger partial charge on any atom is -0.343 e. The molecule has 0 spiro atoms. The molecular weight excluding hydrogens is 242 g/mol. The van der Waals surface area contributed by atoms with E-state index in [4.69, 9.17) is 0 Å². The van der Waals surface area contributed by atoms with Crippen LogP contribution < -0.4 is 0 Å². The summed E-state index contributed by atoms with van der Waals surface area (Å²) in [7, 11) is 0. The standard InChI is InChI=1S/C19H15N/c1-2-6-15(7-3-1)17-10-11-19-18-9-5-4-8-16(18)12-13-20(19)14-17/h1-14,19H. The molecule has 2 aromatic rings. The summed E-state index contributed by atoms with van der Waals surface area (Å²) in [6.45, 7) is 0. The third-order valence-corrected chi connectivity index (χ3v) is 3.92. The Hall–Kier alpha value is -2.54. The second-order valence-electron chi connectivity index (χ2n) is 5.15. The van der Waals surface area contributed by atoms with Crippen LogP contribution in [0.2, 0.25) is 0 Å². The molecule has 1 unspecified atom stereocenters. The van der Waals surface area contributed by atoms with E-state index in [1.165, 1.54) is 22.3 Å². The first-order valence-electron chi connectivity index (χ1n) is 6.92. The molecule has 4 rings (SSSR count). The molecule has 2 aliphatic heterocycles. The average Bonchev–Trinajstić information content (AvgIpc) is 2.55. The van der Waals surface area contributed by atoms with Crippen molar-refractivity contribution in [3.63, 3.8) is 0 Å². The Kier molecular flexibility index (Phi) is 2.56. The Bertz CT molecular complexity index is 722. The summed E-state index contributed by atoms with van der Waals surface area (Å²) in [5.74, 6) is 0. The fourth-order valence-corrected chi connectivity index (χ4v) is 2.88. The number of allylic oxidation sites excluding steroid dienone is 2. The van der Waals surface area contributed by atoms with E-state index in [0.29, 0.717) is 6.04 Å². The van der Waals surface area contributed by atoms with Gasteiger partial charge in [0.25, 0.3) is 0 Å². The minimum atomic E-state index is 0.323. The zero-order valence-corrected chi connectivity index (χ0v) is 11.1. The molecule has 0 N–H and O–H groups in total. The van der Waals surface area contributed by atoms with Crippen LogP contribution in [-0.4, -0.2) is 4.90 Å². The number of benzene rings is 2. The summed E-state index contributed by atoms with van der Waals surface area (Å²) in [4.78, 5) is 2.28. The lowest BCUT2D eigenvalue weighted by Gasteiger charge is -2.33. The van der Waals surface area contributed by atoms with Crippen LogP contribution in [0.5, 0.6) is 0 Å². The van der Waals surface area contributed by atoms with Crippen molar-refractivity contribution in [3.05, 3.63) is 95.8 Å². The van der Waals surface area contributed by atoms with E-state index in [1.807, 2.05) is 0 Å². The summed E-state index contributed by atoms with van der Waals surface area (Å²) in [5, 5.41) is 0. The quantitative estimate of drug-likeness (QED) is 0.720. The Morgan fingerprint density at radius 2 is 1.60 bits per heavy atom. The predicted octanol–water partition coefficient (Wildman–Crippen LogP) is 4.62. The Labute approximate surface area is 119 Å². The molecule has 0 saturated carbocycles. The third kappa shape index (κ3) is 1.79. The van der Waals surface area contributed by atoms with E-state index in [9.17, 15) is 0 Å². The highest BCUT2D eigenvalue weighted by Crippen LogP contribution is 2.36. The first kappa shape index (κ1) is 11.3. The fraction of sp³-hybridized carbons (Fsp3) is 0.0526. The molecule has 0 aromatic heterocycles. The average molecular weight is 257 g/mol. The summed E-state index contributed by atoms with van der Waals surface area (Å²) in [6.07, 6.45) is 11.1. The summed E-state index contributed by atoms with van der Waals surface area (Å²) < 4.78 is 0. The number of hydrogen-bond acceptors (Lipinski definition) is 1. The van der Waals surface area contributed by atoms with E-state index < -0.39 is 0 Å². The highest BCUT2D eigenvalue weighted by Gasteiger charge is 2.22. The van der Waals surface area contributed by atoms with Crippen LogP contribution in [0.25, 0.3) is 11.6 Å². The van der Waals surface area contributed by atoms with Gasteiger partial charge in [-0.25, -0.2) is 0 Å². The molecule has 1 nitrogen and oxygen atoms in total. The van der Waals surface area contributed by atoms with Crippen LogP contribution in [0.4, 0.5) is 0 Å². The van der Waals surface area contributed by atoms with Gasteiger partial charge < -0.3 is 4.90 Å². The molecule has 1 heteroatoms. The van der Waals surface area contributed by atoms with Gasteiger partial charge in [-0.3, -0.25) is 0 Å². The van der Waals surface area contributed by atoms with Crippen LogP contribution in [-0.2, 0) is 0 Å². The van der Waals surface area contributed by atoms with Crippen LogP contribution in [0, 0.1) is 0 Å². The molecule has 0 bridgehead atoms. The van der Waals surface area contributed by atoms with Gasteiger partial charge in [0, 0.05) is 12.4 Å². The first-order chi connectivity index (χ1) is 9.92. The van der Waals surface area contributed by atoms with Crippen molar-refractivity contribution in [2.24, 2.45) is 0 Å². The maximum atomic E-state index is 2.28.